The Bertz CT molecular complexity index is 843. The van der Waals surface area contributed by atoms with Crippen LogP contribution in [0.4, 0.5) is 0 Å². The maximum absolute atomic E-state index is 11.3. The van der Waals surface area contributed by atoms with Crippen LogP contribution in [0.25, 0.3) is 0 Å². The second-order valence-corrected chi connectivity index (χ2v) is 14.2. The first-order valence-electron chi connectivity index (χ1n) is 14.0. The Balaban J connectivity index is 1.33. The van der Waals surface area contributed by atoms with Crippen LogP contribution < -0.4 is 0 Å². The lowest BCUT2D eigenvalue weighted by molar-refractivity contribution is -0.139. The predicted octanol–water partition coefficient (Wildman–Crippen LogP) is 7.09. The molecule has 0 radical (unpaired) electrons. The molecule has 0 bridgehead atoms. The lowest BCUT2D eigenvalue weighted by Gasteiger charge is -2.60. The molecule has 0 aromatic rings. The average Bonchev–Trinajstić information content (AvgIpc) is 3.26. The quantitative estimate of drug-likeness (QED) is 0.434. The van der Waals surface area contributed by atoms with Gasteiger partial charge >= 0.3 is 5.97 Å². The van der Waals surface area contributed by atoms with E-state index in [1.54, 1.807) is 6.92 Å². The molecule has 5 aliphatic rings. The van der Waals surface area contributed by atoms with E-state index in [1.807, 2.05) is 6.08 Å². The largest absolute Gasteiger partial charge is 0.478 e. The van der Waals surface area contributed by atoms with Gasteiger partial charge in [-0.1, -0.05) is 40.7 Å². The third kappa shape index (κ3) is 3.19. The third-order valence-corrected chi connectivity index (χ3v) is 12.6. The van der Waals surface area contributed by atoms with Crippen LogP contribution in [0.1, 0.15) is 106 Å². The number of carboxylic acid groups (broad SMARTS) is 1. The summed E-state index contributed by atoms with van der Waals surface area (Å²) in [7, 11) is 0. The smallest absolute Gasteiger partial charge is 0.330 e. The number of carboxylic acids is 1. The number of rotatable bonds is 5. The summed E-state index contributed by atoms with van der Waals surface area (Å²) in [5, 5.41) is 20.1. The van der Waals surface area contributed by atoms with Crippen molar-refractivity contribution in [2.24, 2.45) is 57.2 Å². The molecule has 3 heteroatoms. The van der Waals surface area contributed by atoms with Gasteiger partial charge in [-0.25, -0.2) is 4.79 Å². The monoisotopic (exact) mass is 456 g/mol. The van der Waals surface area contributed by atoms with Crippen molar-refractivity contribution >= 4 is 5.97 Å². The number of hydrogen-bond donors (Lipinski definition) is 2. The summed E-state index contributed by atoms with van der Waals surface area (Å²) in [5.41, 5.74) is 2.16. The highest BCUT2D eigenvalue weighted by Gasteiger charge is 2.80. The van der Waals surface area contributed by atoms with Gasteiger partial charge in [-0.3, -0.25) is 0 Å². The Morgan fingerprint density at radius 3 is 2.30 bits per heavy atom. The number of aliphatic carboxylic acids is 1. The van der Waals surface area contributed by atoms with Gasteiger partial charge < -0.3 is 10.2 Å². The van der Waals surface area contributed by atoms with E-state index in [4.69, 9.17) is 0 Å². The van der Waals surface area contributed by atoms with Crippen LogP contribution in [-0.2, 0) is 4.79 Å². The molecule has 0 heterocycles. The lowest BCUT2D eigenvalue weighted by Crippen LogP contribution is -2.55. The molecule has 5 aliphatic carbocycles. The highest BCUT2D eigenvalue weighted by molar-refractivity contribution is 5.85. The molecule has 0 saturated heterocycles. The zero-order valence-corrected chi connectivity index (χ0v) is 22.0. The van der Waals surface area contributed by atoms with Crippen LogP contribution in [0.2, 0.25) is 0 Å². The van der Waals surface area contributed by atoms with Gasteiger partial charge in [0.05, 0.1) is 6.10 Å². The Morgan fingerprint density at radius 2 is 1.61 bits per heavy atom. The third-order valence-electron chi connectivity index (χ3n) is 12.6. The van der Waals surface area contributed by atoms with Gasteiger partial charge in [0.25, 0.3) is 0 Å². The van der Waals surface area contributed by atoms with Gasteiger partial charge in [-0.15, -0.1) is 0 Å². The number of aliphatic hydroxyl groups is 1. The molecule has 2 spiro atoms. The maximum Gasteiger partial charge on any atom is 0.330 e. The van der Waals surface area contributed by atoms with E-state index >= 15 is 0 Å². The Labute approximate surface area is 201 Å². The van der Waals surface area contributed by atoms with Gasteiger partial charge in [0.1, 0.15) is 0 Å². The van der Waals surface area contributed by atoms with Crippen LogP contribution in [0.3, 0.4) is 0 Å². The molecule has 3 nitrogen and oxygen atoms in total. The van der Waals surface area contributed by atoms with Crippen LogP contribution >= 0.6 is 0 Å². The molecule has 33 heavy (non-hydrogen) atoms. The van der Waals surface area contributed by atoms with E-state index in [0.29, 0.717) is 39.6 Å². The molecule has 5 rings (SSSR count). The first kappa shape index (κ1) is 23.9. The van der Waals surface area contributed by atoms with E-state index < -0.39 is 5.97 Å². The van der Waals surface area contributed by atoms with Crippen LogP contribution in [0, 0.1) is 57.2 Å². The minimum Gasteiger partial charge on any atom is -0.478 e. The van der Waals surface area contributed by atoms with Crippen molar-refractivity contribution < 1.29 is 15.0 Å². The minimum absolute atomic E-state index is 0.0783. The maximum atomic E-state index is 11.3. The summed E-state index contributed by atoms with van der Waals surface area (Å²) >= 11 is 0. The van der Waals surface area contributed by atoms with Crippen molar-refractivity contribution in [3.05, 3.63) is 11.6 Å². The molecule has 10 atom stereocenters. The molecule has 186 valence electrons. The van der Waals surface area contributed by atoms with Crippen LogP contribution in [0.5, 0.6) is 0 Å². The Kier molecular flexibility index (Phi) is 5.49. The molecule has 0 aromatic heterocycles. The molecule has 0 aromatic carbocycles. The van der Waals surface area contributed by atoms with Crippen molar-refractivity contribution in [2.75, 3.05) is 0 Å². The fourth-order valence-electron chi connectivity index (χ4n) is 11.2. The van der Waals surface area contributed by atoms with E-state index in [0.717, 1.165) is 30.6 Å². The second kappa shape index (κ2) is 7.58. The van der Waals surface area contributed by atoms with Gasteiger partial charge in [0.2, 0.25) is 0 Å². The van der Waals surface area contributed by atoms with Crippen molar-refractivity contribution in [2.45, 2.75) is 112 Å². The summed E-state index contributed by atoms with van der Waals surface area (Å²) in [4.78, 5) is 11.3. The number of hydrogen-bond acceptors (Lipinski definition) is 2. The van der Waals surface area contributed by atoms with E-state index in [-0.39, 0.29) is 11.5 Å². The molecule has 0 amide bonds. The fourth-order valence-corrected chi connectivity index (χ4v) is 11.2. The van der Waals surface area contributed by atoms with Crippen molar-refractivity contribution in [3.63, 3.8) is 0 Å². The van der Waals surface area contributed by atoms with Crippen LogP contribution in [0.15, 0.2) is 11.6 Å². The average molecular weight is 457 g/mol. The Hall–Kier alpha value is -0.830. The van der Waals surface area contributed by atoms with Gasteiger partial charge in [-0.2, -0.15) is 0 Å². The van der Waals surface area contributed by atoms with Gasteiger partial charge in [-0.05, 0) is 128 Å². The number of aliphatic hydroxyl groups excluding tert-OH is 1. The standard InChI is InChI=1S/C30H48O3/c1-18(16-20(3)26(32)33)15-19(2)21-9-12-28(6)22(21)10-13-30-17-29(30)14-11-25(31)27(4,5)23(29)7-8-24(28)30/h16,18-19,21-25,31H,7-15,17H2,1-6H3,(H,32,33)/b20-16+/t18-,19+,21+,22+,23-,24-,25-,28+,29+,30-/m0/s1. The van der Waals surface area contributed by atoms with Crippen molar-refractivity contribution in [1.82, 2.24) is 0 Å². The van der Waals surface area contributed by atoms with Crippen molar-refractivity contribution in [1.29, 1.82) is 0 Å². The van der Waals surface area contributed by atoms with Crippen LogP contribution in [-0.4, -0.2) is 22.3 Å². The molecule has 0 unspecified atom stereocenters. The minimum atomic E-state index is -0.784. The molecule has 0 aliphatic heterocycles. The van der Waals surface area contributed by atoms with E-state index in [1.165, 1.54) is 51.4 Å². The summed E-state index contributed by atoms with van der Waals surface area (Å²) in [6.45, 7) is 13.8. The SMILES string of the molecule is C/C(=C\[C@@H](C)C[C@@H](C)[C@H]1CC[C@]2(C)[C@@H]1CC[C@@]13C[C@@]14CC[C@H](O)C(C)(C)[C@@H]4CC[C@@H]23)C(=O)O. The van der Waals surface area contributed by atoms with Gasteiger partial charge in [0, 0.05) is 5.57 Å². The predicted molar refractivity (Wildman–Crippen MR) is 133 cm³/mol. The number of allylic oxidation sites excluding steroid dienone is 1. The number of fused-ring (bicyclic) bond motifs is 2. The highest BCUT2D eigenvalue weighted by atomic mass is 16.4. The molecule has 5 fully saturated rings. The highest BCUT2D eigenvalue weighted by Crippen LogP contribution is 2.87. The first-order valence-corrected chi connectivity index (χ1v) is 14.0. The van der Waals surface area contributed by atoms with Crippen molar-refractivity contribution in [3.8, 4) is 0 Å². The fraction of sp³-hybridized carbons (Fsp3) is 0.900. The van der Waals surface area contributed by atoms with E-state index in [9.17, 15) is 15.0 Å². The zero-order chi connectivity index (χ0) is 24.0. The molecule has 5 saturated carbocycles. The zero-order valence-electron chi connectivity index (χ0n) is 22.0. The summed E-state index contributed by atoms with van der Waals surface area (Å²) in [6.07, 6.45) is 15.0. The normalized spacial score (nSPS) is 49.8. The number of carbonyl (C=O) groups is 1. The van der Waals surface area contributed by atoms with Gasteiger partial charge in [0.15, 0.2) is 0 Å². The second-order valence-electron chi connectivity index (χ2n) is 14.2. The summed E-state index contributed by atoms with van der Waals surface area (Å²) in [6, 6.07) is 0. The topological polar surface area (TPSA) is 57.5 Å². The summed E-state index contributed by atoms with van der Waals surface area (Å²) < 4.78 is 0. The summed E-state index contributed by atoms with van der Waals surface area (Å²) in [5.74, 6) is 3.44. The first-order chi connectivity index (χ1) is 15.4. The lowest BCUT2D eigenvalue weighted by atomic mass is 9.45. The molecule has 2 N–H and O–H groups in total. The molecular weight excluding hydrogens is 408 g/mol. The Morgan fingerprint density at radius 1 is 0.970 bits per heavy atom. The van der Waals surface area contributed by atoms with E-state index in [2.05, 4.69) is 34.6 Å². The molecular formula is C30H48O3.